The number of aromatic nitrogens is 3. The zero-order valence-corrected chi connectivity index (χ0v) is 26.4. The third-order valence-electron chi connectivity index (χ3n) is 10.5. The van der Waals surface area contributed by atoms with Crippen LogP contribution in [0.4, 0.5) is 0 Å². The molecule has 0 bridgehead atoms. The number of para-hydroxylation sites is 2. The Labute approximate surface area is 278 Å². The number of hydrogen-bond donors (Lipinski definition) is 0. The average Bonchev–Trinajstić information content (AvgIpc) is 3.87. The van der Waals surface area contributed by atoms with Gasteiger partial charge in [0.2, 0.25) is 0 Å². The first kappa shape index (κ1) is 27.3. The highest BCUT2D eigenvalue weighted by atomic mass is 16.3. The molecule has 10 rings (SSSR count). The average molecular weight is 618 g/mol. The molecule has 2 heterocycles. The molecular formula is C44H31N3O. The summed E-state index contributed by atoms with van der Waals surface area (Å²) in [5.41, 5.74) is 12.5. The Morgan fingerprint density at radius 2 is 1.06 bits per heavy atom. The lowest BCUT2D eigenvalue weighted by Gasteiger charge is -2.27. The summed E-state index contributed by atoms with van der Waals surface area (Å²) in [6.45, 7) is 0. The molecule has 2 aliphatic carbocycles. The minimum absolute atomic E-state index is 0.100. The summed E-state index contributed by atoms with van der Waals surface area (Å²) in [6, 6.07) is 49.1. The summed E-state index contributed by atoms with van der Waals surface area (Å²) in [4.78, 5) is 15.4. The first-order chi connectivity index (χ1) is 23.8. The molecule has 1 saturated carbocycles. The van der Waals surface area contributed by atoms with Crippen LogP contribution in [-0.4, -0.2) is 15.0 Å². The summed E-state index contributed by atoms with van der Waals surface area (Å²) >= 11 is 0. The van der Waals surface area contributed by atoms with Crippen molar-refractivity contribution in [2.75, 3.05) is 0 Å². The van der Waals surface area contributed by atoms with Gasteiger partial charge in [-0.1, -0.05) is 134 Å². The molecule has 8 aromatic rings. The van der Waals surface area contributed by atoms with Gasteiger partial charge >= 0.3 is 0 Å². The van der Waals surface area contributed by atoms with Crippen molar-refractivity contribution in [3.05, 3.63) is 151 Å². The molecular weight excluding hydrogens is 587 g/mol. The molecule has 228 valence electrons. The molecule has 1 spiro atoms. The van der Waals surface area contributed by atoms with Gasteiger partial charge in [0.25, 0.3) is 0 Å². The SMILES string of the molecule is c1ccc(-c2nc(-c3ccccc3-c3ccc4c(c3)C3(CCCC3)c3ccccc3-4)nc(-c3cccc4c3oc3ccccc34)n2)cc1. The fourth-order valence-corrected chi connectivity index (χ4v) is 8.33. The first-order valence-electron chi connectivity index (χ1n) is 16.8. The highest BCUT2D eigenvalue weighted by molar-refractivity contribution is 6.09. The second-order valence-corrected chi connectivity index (χ2v) is 13.1. The monoisotopic (exact) mass is 617 g/mol. The lowest BCUT2D eigenvalue weighted by atomic mass is 9.76. The van der Waals surface area contributed by atoms with E-state index in [4.69, 9.17) is 19.4 Å². The van der Waals surface area contributed by atoms with E-state index in [1.165, 1.54) is 53.5 Å². The van der Waals surface area contributed by atoms with Crippen LogP contribution in [0.5, 0.6) is 0 Å². The minimum atomic E-state index is 0.100. The standard InChI is InChI=1S/C44H31N3O/c1-2-13-28(14-3-1)41-45-42(47-43(46-41)36-20-12-19-34-33-17-7-9-22-39(33)48-40(34)36)35-18-5-4-15-30(35)29-23-24-32-31-16-6-8-21-37(31)44(38(32)27-29)25-10-11-26-44/h1-9,12-24,27H,10-11,25-26H2. The van der Waals surface area contributed by atoms with Crippen molar-refractivity contribution < 1.29 is 4.42 Å². The maximum atomic E-state index is 6.44. The Hall–Kier alpha value is -5.87. The van der Waals surface area contributed by atoms with E-state index in [1.807, 2.05) is 42.5 Å². The van der Waals surface area contributed by atoms with Gasteiger partial charge < -0.3 is 4.42 Å². The van der Waals surface area contributed by atoms with Crippen LogP contribution in [0.25, 0.3) is 78.4 Å². The van der Waals surface area contributed by atoms with Crippen LogP contribution in [0.2, 0.25) is 0 Å². The van der Waals surface area contributed by atoms with Crippen molar-refractivity contribution in [2.45, 2.75) is 31.1 Å². The van der Waals surface area contributed by atoms with E-state index in [9.17, 15) is 0 Å². The van der Waals surface area contributed by atoms with Crippen LogP contribution in [0.1, 0.15) is 36.8 Å². The maximum absolute atomic E-state index is 6.44. The largest absolute Gasteiger partial charge is 0.455 e. The maximum Gasteiger partial charge on any atom is 0.167 e. The van der Waals surface area contributed by atoms with Gasteiger partial charge in [-0.25, -0.2) is 15.0 Å². The van der Waals surface area contributed by atoms with Gasteiger partial charge in [-0.2, -0.15) is 0 Å². The molecule has 4 nitrogen and oxygen atoms in total. The molecule has 0 N–H and O–H groups in total. The molecule has 0 atom stereocenters. The Morgan fingerprint density at radius 3 is 1.92 bits per heavy atom. The quantitative estimate of drug-likeness (QED) is 0.197. The van der Waals surface area contributed by atoms with Crippen molar-refractivity contribution in [1.82, 2.24) is 15.0 Å². The molecule has 0 saturated heterocycles. The smallest absolute Gasteiger partial charge is 0.167 e. The molecule has 1 fully saturated rings. The number of benzene rings is 6. The molecule has 4 heteroatoms. The predicted molar refractivity (Wildman–Crippen MR) is 194 cm³/mol. The Morgan fingerprint density at radius 1 is 0.438 bits per heavy atom. The van der Waals surface area contributed by atoms with E-state index in [1.54, 1.807) is 0 Å². The van der Waals surface area contributed by atoms with Crippen LogP contribution in [0.3, 0.4) is 0 Å². The van der Waals surface area contributed by atoms with Crippen molar-refractivity contribution >= 4 is 21.9 Å². The van der Waals surface area contributed by atoms with Crippen molar-refractivity contribution in [3.8, 4) is 56.4 Å². The van der Waals surface area contributed by atoms with Crippen molar-refractivity contribution in [1.29, 1.82) is 0 Å². The lowest BCUT2D eigenvalue weighted by molar-refractivity contribution is 0.550. The van der Waals surface area contributed by atoms with Crippen molar-refractivity contribution in [2.24, 2.45) is 0 Å². The van der Waals surface area contributed by atoms with Gasteiger partial charge in [-0.15, -0.1) is 0 Å². The molecule has 48 heavy (non-hydrogen) atoms. The van der Waals surface area contributed by atoms with Gasteiger partial charge in [0.1, 0.15) is 11.2 Å². The van der Waals surface area contributed by atoms with E-state index >= 15 is 0 Å². The van der Waals surface area contributed by atoms with E-state index < -0.39 is 0 Å². The van der Waals surface area contributed by atoms with E-state index in [2.05, 4.69) is 97.1 Å². The van der Waals surface area contributed by atoms with E-state index in [-0.39, 0.29) is 5.41 Å². The topological polar surface area (TPSA) is 51.8 Å². The number of nitrogens with zero attached hydrogens (tertiary/aromatic N) is 3. The fraction of sp³-hybridized carbons (Fsp3) is 0.114. The Bertz CT molecular complexity index is 2520. The summed E-state index contributed by atoms with van der Waals surface area (Å²) in [5, 5.41) is 2.13. The molecule has 0 radical (unpaired) electrons. The normalized spacial score (nSPS) is 14.5. The number of fused-ring (bicyclic) bond motifs is 8. The summed E-state index contributed by atoms with van der Waals surface area (Å²) in [7, 11) is 0. The van der Waals surface area contributed by atoms with Crippen LogP contribution >= 0.6 is 0 Å². The molecule has 2 aliphatic rings. The minimum Gasteiger partial charge on any atom is -0.455 e. The zero-order chi connectivity index (χ0) is 31.7. The van der Waals surface area contributed by atoms with Gasteiger partial charge in [0.15, 0.2) is 17.5 Å². The molecule has 6 aromatic carbocycles. The number of furan rings is 1. The molecule has 0 aliphatic heterocycles. The molecule has 2 aromatic heterocycles. The first-order valence-corrected chi connectivity index (χ1v) is 16.8. The van der Waals surface area contributed by atoms with Crippen LogP contribution in [-0.2, 0) is 5.41 Å². The third kappa shape index (κ3) is 4.05. The third-order valence-corrected chi connectivity index (χ3v) is 10.5. The Kier molecular flexibility index (Phi) is 6.01. The van der Waals surface area contributed by atoms with Crippen LogP contribution in [0, 0.1) is 0 Å². The second-order valence-electron chi connectivity index (χ2n) is 13.1. The lowest BCUT2D eigenvalue weighted by Crippen LogP contribution is -2.20. The summed E-state index contributed by atoms with van der Waals surface area (Å²) < 4.78 is 6.44. The number of hydrogen-bond acceptors (Lipinski definition) is 4. The van der Waals surface area contributed by atoms with E-state index in [0.717, 1.165) is 44.2 Å². The van der Waals surface area contributed by atoms with E-state index in [0.29, 0.717) is 17.5 Å². The molecule has 0 unspecified atom stereocenters. The summed E-state index contributed by atoms with van der Waals surface area (Å²) in [5.74, 6) is 1.86. The van der Waals surface area contributed by atoms with Gasteiger partial charge in [0.05, 0.1) is 5.56 Å². The second kappa shape index (κ2) is 10.6. The molecule has 0 amide bonds. The summed E-state index contributed by atoms with van der Waals surface area (Å²) in [6.07, 6.45) is 4.93. The zero-order valence-electron chi connectivity index (χ0n) is 26.4. The van der Waals surface area contributed by atoms with Crippen LogP contribution < -0.4 is 0 Å². The highest BCUT2D eigenvalue weighted by Crippen LogP contribution is 2.57. The number of rotatable bonds is 4. The van der Waals surface area contributed by atoms with Crippen molar-refractivity contribution in [3.63, 3.8) is 0 Å². The fourth-order valence-electron chi connectivity index (χ4n) is 8.33. The van der Waals surface area contributed by atoms with Gasteiger partial charge in [0, 0.05) is 27.3 Å². The van der Waals surface area contributed by atoms with Crippen LogP contribution in [0.15, 0.2) is 144 Å². The Balaban J connectivity index is 1.17. The predicted octanol–water partition coefficient (Wildman–Crippen LogP) is 11.3. The van der Waals surface area contributed by atoms with Gasteiger partial charge in [-0.05, 0) is 64.4 Å². The highest BCUT2D eigenvalue weighted by Gasteiger charge is 2.44. The van der Waals surface area contributed by atoms with Gasteiger partial charge in [-0.3, -0.25) is 0 Å².